The fourth-order valence-electron chi connectivity index (χ4n) is 2.45. The molecule has 20 heavy (non-hydrogen) atoms. The summed E-state index contributed by atoms with van der Waals surface area (Å²) in [6, 6.07) is 1.75. The van der Waals surface area contributed by atoms with Gasteiger partial charge in [-0.25, -0.2) is 13.1 Å². The van der Waals surface area contributed by atoms with Crippen molar-refractivity contribution in [3.8, 4) is 0 Å². The lowest BCUT2D eigenvalue weighted by atomic mass is 10.1. The van der Waals surface area contributed by atoms with E-state index < -0.39 is 10.0 Å². The molecule has 1 aromatic heterocycles. The Morgan fingerprint density at radius 1 is 1.50 bits per heavy atom. The first-order valence-electron chi connectivity index (χ1n) is 6.99. The molecule has 1 fully saturated rings. The van der Waals surface area contributed by atoms with Crippen LogP contribution in [0.4, 0.5) is 0 Å². The van der Waals surface area contributed by atoms with E-state index in [4.69, 9.17) is 0 Å². The van der Waals surface area contributed by atoms with E-state index in [0.29, 0.717) is 23.9 Å². The lowest BCUT2D eigenvalue weighted by molar-refractivity contribution is 0.342. The SMILES string of the molecule is CCN1CCC(CNS(=O)(=O)c2csc(CNC)c2)C1. The smallest absolute Gasteiger partial charge is 0.241 e. The summed E-state index contributed by atoms with van der Waals surface area (Å²) in [5.41, 5.74) is 0. The molecule has 7 heteroatoms. The number of sulfonamides is 1. The van der Waals surface area contributed by atoms with Crippen LogP contribution in [0.1, 0.15) is 18.2 Å². The molecular weight excluding hydrogens is 294 g/mol. The molecule has 1 saturated heterocycles. The van der Waals surface area contributed by atoms with Crippen molar-refractivity contribution in [2.24, 2.45) is 5.92 Å². The Hall–Kier alpha value is -0.470. The van der Waals surface area contributed by atoms with E-state index in [-0.39, 0.29) is 0 Å². The molecule has 1 aromatic rings. The quantitative estimate of drug-likeness (QED) is 0.790. The molecule has 1 aliphatic heterocycles. The molecule has 0 amide bonds. The van der Waals surface area contributed by atoms with Gasteiger partial charge >= 0.3 is 0 Å². The third kappa shape index (κ3) is 4.02. The minimum atomic E-state index is -3.36. The van der Waals surface area contributed by atoms with Crippen molar-refractivity contribution >= 4 is 21.4 Å². The second-order valence-electron chi connectivity index (χ2n) is 5.18. The number of hydrogen-bond acceptors (Lipinski definition) is 5. The molecule has 0 bridgehead atoms. The van der Waals surface area contributed by atoms with E-state index in [1.54, 1.807) is 11.4 Å². The molecule has 2 rings (SSSR count). The van der Waals surface area contributed by atoms with Gasteiger partial charge in [-0.15, -0.1) is 11.3 Å². The van der Waals surface area contributed by atoms with Crippen molar-refractivity contribution in [1.82, 2.24) is 14.9 Å². The molecule has 1 unspecified atom stereocenters. The fourth-order valence-corrected chi connectivity index (χ4v) is 4.85. The summed E-state index contributed by atoms with van der Waals surface area (Å²) in [5.74, 6) is 0.431. The second kappa shape index (κ2) is 7.00. The van der Waals surface area contributed by atoms with Crippen LogP contribution in [-0.4, -0.2) is 46.5 Å². The summed E-state index contributed by atoms with van der Waals surface area (Å²) in [5, 5.41) is 4.74. The van der Waals surface area contributed by atoms with E-state index in [1.165, 1.54) is 11.3 Å². The van der Waals surface area contributed by atoms with Crippen molar-refractivity contribution in [3.63, 3.8) is 0 Å². The molecule has 0 saturated carbocycles. The summed E-state index contributed by atoms with van der Waals surface area (Å²) in [6.45, 7) is 6.49. The molecule has 2 heterocycles. The summed E-state index contributed by atoms with van der Waals surface area (Å²) in [7, 11) is -1.50. The molecule has 1 aliphatic rings. The molecule has 0 spiro atoms. The second-order valence-corrected chi connectivity index (χ2v) is 7.94. The number of hydrogen-bond donors (Lipinski definition) is 2. The van der Waals surface area contributed by atoms with E-state index in [0.717, 1.165) is 30.9 Å². The van der Waals surface area contributed by atoms with Gasteiger partial charge in [-0.3, -0.25) is 0 Å². The first-order chi connectivity index (χ1) is 9.55. The predicted molar refractivity (Wildman–Crippen MR) is 82.5 cm³/mol. The Balaban J connectivity index is 1.90. The number of nitrogens with zero attached hydrogens (tertiary/aromatic N) is 1. The monoisotopic (exact) mass is 317 g/mol. The van der Waals surface area contributed by atoms with Crippen LogP contribution >= 0.6 is 11.3 Å². The Labute approximate surface area is 125 Å². The maximum atomic E-state index is 12.2. The van der Waals surface area contributed by atoms with Crippen LogP contribution in [0, 0.1) is 5.92 Å². The Bertz CT molecular complexity index is 527. The van der Waals surface area contributed by atoms with Crippen molar-refractivity contribution in [3.05, 3.63) is 16.3 Å². The van der Waals surface area contributed by atoms with Gasteiger partial charge in [-0.05, 0) is 38.5 Å². The molecule has 2 N–H and O–H groups in total. The number of nitrogens with one attached hydrogen (secondary N) is 2. The van der Waals surface area contributed by atoms with Crippen LogP contribution in [0.5, 0.6) is 0 Å². The Kier molecular flexibility index (Phi) is 5.57. The minimum Gasteiger partial charge on any atom is -0.315 e. The summed E-state index contributed by atoms with van der Waals surface area (Å²) < 4.78 is 27.2. The van der Waals surface area contributed by atoms with Gasteiger partial charge in [0.05, 0.1) is 4.90 Å². The van der Waals surface area contributed by atoms with Crippen molar-refractivity contribution in [2.75, 3.05) is 33.2 Å². The van der Waals surface area contributed by atoms with Crippen LogP contribution in [-0.2, 0) is 16.6 Å². The number of likely N-dealkylation sites (tertiary alicyclic amines) is 1. The standard InChI is InChI=1S/C13H23N3O2S2/c1-3-16-5-4-11(9-16)7-15-20(17,18)13-6-12(8-14-2)19-10-13/h6,10-11,14-15H,3-5,7-9H2,1-2H3. The minimum absolute atomic E-state index is 0.387. The first kappa shape index (κ1) is 15.9. The van der Waals surface area contributed by atoms with Crippen LogP contribution in [0.3, 0.4) is 0 Å². The third-order valence-corrected chi connectivity index (χ3v) is 6.16. The highest BCUT2D eigenvalue weighted by molar-refractivity contribution is 7.89. The lowest BCUT2D eigenvalue weighted by Crippen LogP contribution is -2.30. The van der Waals surface area contributed by atoms with Crippen molar-refractivity contribution < 1.29 is 8.42 Å². The van der Waals surface area contributed by atoms with Crippen LogP contribution in [0.15, 0.2) is 16.3 Å². The predicted octanol–water partition coefficient (Wildman–Crippen LogP) is 1.09. The van der Waals surface area contributed by atoms with E-state index in [2.05, 4.69) is 21.9 Å². The first-order valence-corrected chi connectivity index (χ1v) is 9.35. The fraction of sp³-hybridized carbons (Fsp3) is 0.692. The third-order valence-electron chi connectivity index (χ3n) is 3.67. The van der Waals surface area contributed by atoms with E-state index >= 15 is 0 Å². The molecule has 114 valence electrons. The number of rotatable bonds is 7. The maximum Gasteiger partial charge on any atom is 0.241 e. The average Bonchev–Trinajstić information content (AvgIpc) is 3.06. The van der Waals surface area contributed by atoms with Gasteiger partial charge in [0.1, 0.15) is 0 Å². The van der Waals surface area contributed by atoms with Crippen molar-refractivity contribution in [2.45, 2.75) is 24.8 Å². The van der Waals surface area contributed by atoms with Gasteiger partial charge in [0.15, 0.2) is 0 Å². The molecule has 0 radical (unpaired) electrons. The van der Waals surface area contributed by atoms with Crippen molar-refractivity contribution in [1.29, 1.82) is 0 Å². The molecule has 1 atom stereocenters. The van der Waals surface area contributed by atoms with Gasteiger partial charge < -0.3 is 10.2 Å². The van der Waals surface area contributed by atoms with E-state index in [9.17, 15) is 8.42 Å². The topological polar surface area (TPSA) is 61.4 Å². The normalized spacial score (nSPS) is 20.6. The Morgan fingerprint density at radius 2 is 2.30 bits per heavy atom. The van der Waals surface area contributed by atoms with E-state index in [1.807, 2.05) is 7.05 Å². The van der Waals surface area contributed by atoms with Gasteiger partial charge in [0.2, 0.25) is 10.0 Å². The van der Waals surface area contributed by atoms with Crippen LogP contribution in [0.2, 0.25) is 0 Å². The Morgan fingerprint density at radius 3 is 2.95 bits per heavy atom. The molecule has 0 aromatic carbocycles. The summed E-state index contributed by atoms with van der Waals surface area (Å²) in [6.07, 6.45) is 1.07. The largest absolute Gasteiger partial charge is 0.315 e. The maximum absolute atomic E-state index is 12.2. The molecule has 0 aliphatic carbocycles. The number of thiophene rings is 1. The highest BCUT2D eigenvalue weighted by Gasteiger charge is 2.23. The van der Waals surface area contributed by atoms with Crippen LogP contribution in [0.25, 0.3) is 0 Å². The zero-order chi connectivity index (χ0) is 14.6. The highest BCUT2D eigenvalue weighted by Crippen LogP contribution is 2.20. The summed E-state index contributed by atoms with van der Waals surface area (Å²) in [4.78, 5) is 3.78. The highest BCUT2D eigenvalue weighted by atomic mass is 32.2. The zero-order valence-electron chi connectivity index (χ0n) is 12.1. The molecule has 5 nitrogen and oxygen atoms in total. The van der Waals surface area contributed by atoms with Gasteiger partial charge in [0.25, 0.3) is 0 Å². The average molecular weight is 317 g/mol. The van der Waals surface area contributed by atoms with Crippen LogP contribution < -0.4 is 10.0 Å². The van der Waals surface area contributed by atoms with Gasteiger partial charge in [-0.1, -0.05) is 6.92 Å². The lowest BCUT2D eigenvalue weighted by Gasteiger charge is -2.13. The van der Waals surface area contributed by atoms with Gasteiger partial charge in [0, 0.05) is 29.9 Å². The zero-order valence-corrected chi connectivity index (χ0v) is 13.7. The molecular formula is C13H23N3O2S2. The van der Waals surface area contributed by atoms with Gasteiger partial charge in [-0.2, -0.15) is 0 Å². The summed E-state index contributed by atoms with van der Waals surface area (Å²) >= 11 is 1.47.